The molecule has 0 spiro atoms. The Morgan fingerprint density at radius 3 is 0.610 bits per heavy atom. The molecule has 248 valence electrons. The van der Waals surface area contributed by atoms with E-state index in [-0.39, 0.29) is 0 Å². The summed E-state index contributed by atoms with van der Waals surface area (Å²) in [4.78, 5) is 0. The zero-order valence-electron chi connectivity index (χ0n) is 28.8. The van der Waals surface area contributed by atoms with Gasteiger partial charge in [0.1, 0.15) is 0 Å². The molecule has 0 aliphatic heterocycles. The molecule has 0 heterocycles. The molecule has 41 heavy (non-hydrogen) atoms. The van der Waals surface area contributed by atoms with Crippen molar-refractivity contribution in [2.24, 2.45) is 0 Å². The van der Waals surface area contributed by atoms with Crippen molar-refractivity contribution in [3.63, 3.8) is 0 Å². The van der Waals surface area contributed by atoms with Gasteiger partial charge in [-0.1, -0.05) is 90.9 Å². The molecule has 0 bridgehead atoms. The van der Waals surface area contributed by atoms with E-state index in [4.69, 9.17) is 0 Å². The van der Waals surface area contributed by atoms with E-state index in [0.717, 1.165) is 25.7 Å². The summed E-state index contributed by atoms with van der Waals surface area (Å²) in [6.45, 7) is 4.58. The molecule has 0 atom stereocenters. The van der Waals surface area contributed by atoms with Gasteiger partial charge in [-0.25, -0.2) is 0 Å². The van der Waals surface area contributed by atoms with Crippen LogP contribution in [0.1, 0.15) is 232 Å². The first kappa shape index (κ1) is 41.3. The standard InChI is InChI=1S/C38H79AsO2/c1-3-5-7-9-11-13-15-17-19-21-23-25-27-29-31-33-35-37-39(40,41)38-36-34-32-30-28-26-24-22-20-18-16-14-12-10-8-6-4-2/h3-38H2,1-2H3,(H,40,41). The van der Waals surface area contributed by atoms with Gasteiger partial charge in [-0.2, -0.15) is 0 Å². The van der Waals surface area contributed by atoms with Crippen molar-refractivity contribution in [3.8, 4) is 0 Å². The van der Waals surface area contributed by atoms with E-state index < -0.39 is 13.8 Å². The maximum absolute atomic E-state index is 12.6. The van der Waals surface area contributed by atoms with E-state index in [2.05, 4.69) is 13.8 Å². The average Bonchev–Trinajstić information content (AvgIpc) is 2.96. The Morgan fingerprint density at radius 2 is 0.439 bits per heavy atom. The summed E-state index contributed by atoms with van der Waals surface area (Å²) in [7, 11) is 0. The van der Waals surface area contributed by atoms with Crippen LogP contribution in [0.4, 0.5) is 0 Å². The van der Waals surface area contributed by atoms with Crippen molar-refractivity contribution in [2.45, 2.75) is 243 Å². The molecule has 0 aliphatic rings. The predicted molar refractivity (Wildman–Crippen MR) is 187 cm³/mol. The second kappa shape index (κ2) is 34.8. The van der Waals surface area contributed by atoms with Gasteiger partial charge in [0, 0.05) is 0 Å². The van der Waals surface area contributed by atoms with Crippen LogP contribution in [0.25, 0.3) is 0 Å². The second-order valence-electron chi connectivity index (χ2n) is 13.6. The Bertz CT molecular complexity index is 478. The minimum atomic E-state index is -3.53. The van der Waals surface area contributed by atoms with Crippen molar-refractivity contribution in [2.75, 3.05) is 0 Å². The molecule has 0 aliphatic carbocycles. The monoisotopic (exact) mass is 643 g/mol. The van der Waals surface area contributed by atoms with Crippen LogP contribution in [0.2, 0.25) is 10.4 Å². The van der Waals surface area contributed by atoms with E-state index in [1.54, 1.807) is 0 Å². The van der Waals surface area contributed by atoms with Crippen molar-refractivity contribution in [1.29, 1.82) is 0 Å². The summed E-state index contributed by atoms with van der Waals surface area (Å²) in [5, 5.41) is 1.24. The second-order valence-corrected chi connectivity index (χ2v) is 19.0. The van der Waals surface area contributed by atoms with Crippen LogP contribution in [0.5, 0.6) is 0 Å². The minimum Gasteiger partial charge on any atom is -0.0654 e. The molecule has 0 amide bonds. The van der Waals surface area contributed by atoms with E-state index in [1.165, 1.54) is 193 Å². The summed E-state index contributed by atoms with van der Waals surface area (Å²) in [6, 6.07) is 0. The van der Waals surface area contributed by atoms with Gasteiger partial charge in [0.05, 0.1) is 0 Å². The predicted octanol–water partition coefficient (Wildman–Crippen LogP) is 14.2. The molecular weight excluding hydrogens is 563 g/mol. The molecular formula is C38H79AsO2. The molecule has 0 aromatic heterocycles. The van der Waals surface area contributed by atoms with Gasteiger partial charge in [0.2, 0.25) is 0 Å². The van der Waals surface area contributed by atoms with Crippen molar-refractivity contribution in [1.82, 2.24) is 0 Å². The van der Waals surface area contributed by atoms with Gasteiger partial charge < -0.3 is 0 Å². The molecule has 1 N–H and O–H groups in total. The molecule has 0 radical (unpaired) electrons. The zero-order valence-corrected chi connectivity index (χ0v) is 30.6. The van der Waals surface area contributed by atoms with E-state index in [0.29, 0.717) is 10.4 Å². The van der Waals surface area contributed by atoms with E-state index >= 15 is 0 Å². The Hall–Kier alpha value is 0.318. The molecule has 0 aromatic carbocycles. The number of unbranched alkanes of at least 4 members (excludes halogenated alkanes) is 32. The maximum atomic E-state index is 12.6. The number of hydrogen-bond donors (Lipinski definition) is 1. The van der Waals surface area contributed by atoms with Crippen LogP contribution in [0.15, 0.2) is 0 Å². The fourth-order valence-corrected chi connectivity index (χ4v) is 9.76. The third-order valence-corrected chi connectivity index (χ3v) is 13.5. The Morgan fingerprint density at radius 1 is 0.293 bits per heavy atom. The van der Waals surface area contributed by atoms with Crippen LogP contribution >= 0.6 is 0 Å². The summed E-state index contributed by atoms with van der Waals surface area (Å²) >= 11 is -3.53. The van der Waals surface area contributed by atoms with Gasteiger partial charge in [-0.3, -0.25) is 0 Å². The van der Waals surface area contributed by atoms with Crippen LogP contribution in [0.3, 0.4) is 0 Å². The van der Waals surface area contributed by atoms with Gasteiger partial charge >= 0.3 is 173 Å². The molecule has 0 saturated heterocycles. The van der Waals surface area contributed by atoms with Gasteiger partial charge in [0.25, 0.3) is 0 Å². The molecule has 3 heteroatoms. The average molecular weight is 643 g/mol. The van der Waals surface area contributed by atoms with Gasteiger partial charge in [-0.05, 0) is 0 Å². The first-order valence-corrected chi connectivity index (χ1v) is 23.7. The third-order valence-electron chi connectivity index (χ3n) is 9.22. The SMILES string of the molecule is CCCCCCCCCCCCCCCCCCC[As](=O)(O)CCCCCCCCCCCCCCCCCCC. The summed E-state index contributed by atoms with van der Waals surface area (Å²) in [6.07, 6.45) is 46.3. The summed E-state index contributed by atoms with van der Waals surface area (Å²) < 4.78 is 22.9. The van der Waals surface area contributed by atoms with E-state index in [1.807, 2.05) is 0 Å². The van der Waals surface area contributed by atoms with Crippen molar-refractivity contribution >= 4 is 13.8 Å². The molecule has 2 nitrogen and oxygen atoms in total. The first-order chi connectivity index (χ1) is 20.1. The van der Waals surface area contributed by atoms with Crippen molar-refractivity contribution in [3.05, 3.63) is 0 Å². The van der Waals surface area contributed by atoms with Gasteiger partial charge in [0.15, 0.2) is 0 Å². The Kier molecular flexibility index (Phi) is 35.1. The zero-order chi connectivity index (χ0) is 30.0. The number of hydrogen-bond acceptors (Lipinski definition) is 1. The van der Waals surface area contributed by atoms with Crippen LogP contribution in [-0.4, -0.2) is 17.9 Å². The summed E-state index contributed by atoms with van der Waals surface area (Å²) in [5.41, 5.74) is 0. The van der Waals surface area contributed by atoms with Crippen LogP contribution in [-0.2, 0) is 3.74 Å². The van der Waals surface area contributed by atoms with Crippen molar-refractivity contribution < 1.29 is 7.84 Å². The quantitative estimate of drug-likeness (QED) is 0.0545. The molecule has 0 aromatic rings. The van der Waals surface area contributed by atoms with E-state index in [9.17, 15) is 7.84 Å². The fraction of sp³-hybridized carbons (Fsp3) is 1.00. The Labute approximate surface area is 263 Å². The number of rotatable bonds is 36. The topological polar surface area (TPSA) is 37.3 Å². The Balaban J connectivity index is 3.26. The minimum absolute atomic E-state index is 0.621. The fourth-order valence-electron chi connectivity index (χ4n) is 6.28. The normalized spacial score (nSPS) is 12.0. The van der Waals surface area contributed by atoms with Crippen LogP contribution in [0, 0.1) is 0 Å². The molecule has 0 fully saturated rings. The van der Waals surface area contributed by atoms with Crippen LogP contribution < -0.4 is 0 Å². The molecule has 0 rings (SSSR count). The third kappa shape index (κ3) is 36.4. The molecule has 0 unspecified atom stereocenters. The first-order valence-electron chi connectivity index (χ1n) is 19.4. The molecule has 0 saturated carbocycles. The van der Waals surface area contributed by atoms with Gasteiger partial charge in [-0.15, -0.1) is 0 Å². The smallest absolute Gasteiger partial charge is 0.0654 e. The summed E-state index contributed by atoms with van der Waals surface area (Å²) in [5.74, 6) is 0.